The first-order chi connectivity index (χ1) is 31.0. The van der Waals surface area contributed by atoms with Gasteiger partial charge >= 0.3 is 0 Å². The van der Waals surface area contributed by atoms with Gasteiger partial charge in [-0.15, -0.1) is 0 Å². The van der Waals surface area contributed by atoms with Crippen molar-refractivity contribution in [1.82, 2.24) is 9.13 Å². The number of para-hydroxylation sites is 4. The van der Waals surface area contributed by atoms with Crippen molar-refractivity contribution in [3.8, 4) is 11.4 Å². The summed E-state index contributed by atoms with van der Waals surface area (Å²) in [6.45, 7) is 16.2. The van der Waals surface area contributed by atoms with E-state index in [0.717, 1.165) is 22.7 Å². The van der Waals surface area contributed by atoms with Crippen molar-refractivity contribution in [3.63, 3.8) is 0 Å². The molecule has 4 heterocycles. The van der Waals surface area contributed by atoms with Crippen LogP contribution in [0.2, 0.25) is 0 Å². The molecular formula is C59H51BN4. The van der Waals surface area contributed by atoms with E-state index in [-0.39, 0.29) is 17.5 Å². The van der Waals surface area contributed by atoms with Gasteiger partial charge in [-0.25, -0.2) is 0 Å². The zero-order chi connectivity index (χ0) is 43.6. The third-order valence-electron chi connectivity index (χ3n) is 13.8. The first kappa shape index (κ1) is 38.4. The highest BCUT2D eigenvalue weighted by molar-refractivity contribution is 7.00. The van der Waals surface area contributed by atoms with Crippen molar-refractivity contribution >= 4 is 90.1 Å². The highest BCUT2D eigenvalue weighted by Crippen LogP contribution is 2.50. The van der Waals surface area contributed by atoms with Crippen LogP contribution in [0, 0.1) is 6.92 Å². The molecule has 4 nitrogen and oxygen atoms in total. The summed E-state index contributed by atoms with van der Waals surface area (Å²) in [4.78, 5) is 5.04. The maximum atomic E-state index is 2.65. The fourth-order valence-corrected chi connectivity index (χ4v) is 10.8. The van der Waals surface area contributed by atoms with E-state index >= 15 is 0 Å². The Morgan fingerprint density at radius 3 is 1.73 bits per heavy atom. The van der Waals surface area contributed by atoms with Crippen LogP contribution in [0.25, 0.3) is 44.2 Å². The van der Waals surface area contributed by atoms with Crippen LogP contribution in [0.3, 0.4) is 0 Å². The van der Waals surface area contributed by atoms with Gasteiger partial charge in [-0.2, -0.15) is 0 Å². The molecule has 310 valence electrons. The number of anilines is 6. The molecule has 10 aromatic rings. The van der Waals surface area contributed by atoms with Crippen LogP contribution < -0.4 is 26.2 Å². The Bertz CT molecular complexity index is 3440. The molecule has 5 heteroatoms. The first-order valence-electron chi connectivity index (χ1n) is 22.7. The van der Waals surface area contributed by atoms with Crippen molar-refractivity contribution in [2.75, 3.05) is 9.80 Å². The van der Waals surface area contributed by atoms with Crippen LogP contribution in [0.15, 0.2) is 182 Å². The van der Waals surface area contributed by atoms with Crippen molar-refractivity contribution in [3.05, 3.63) is 199 Å². The van der Waals surface area contributed by atoms with Gasteiger partial charge in [-0.05, 0) is 130 Å². The Balaban J connectivity index is 1.28. The molecule has 2 aliphatic heterocycles. The van der Waals surface area contributed by atoms with E-state index in [0.29, 0.717) is 0 Å². The minimum atomic E-state index is -0.0321. The third-order valence-corrected chi connectivity index (χ3v) is 13.8. The molecule has 2 aromatic heterocycles. The van der Waals surface area contributed by atoms with Crippen molar-refractivity contribution in [2.45, 2.75) is 59.3 Å². The summed E-state index contributed by atoms with van der Waals surface area (Å²) in [6, 6.07) is 68.1. The average Bonchev–Trinajstić information content (AvgIpc) is 3.82. The monoisotopic (exact) mass is 826 g/mol. The predicted molar refractivity (Wildman–Crippen MR) is 274 cm³/mol. The fraction of sp³-hybridized carbons (Fsp3) is 0.153. The zero-order valence-corrected chi connectivity index (χ0v) is 37.7. The van der Waals surface area contributed by atoms with E-state index in [1.807, 2.05) is 0 Å². The van der Waals surface area contributed by atoms with Crippen molar-refractivity contribution in [2.24, 2.45) is 0 Å². The van der Waals surface area contributed by atoms with Gasteiger partial charge < -0.3 is 18.9 Å². The number of hydrogen-bond acceptors (Lipinski definition) is 2. The molecule has 64 heavy (non-hydrogen) atoms. The van der Waals surface area contributed by atoms with Crippen molar-refractivity contribution in [1.29, 1.82) is 0 Å². The minimum absolute atomic E-state index is 0.00179. The third kappa shape index (κ3) is 5.62. The Morgan fingerprint density at radius 2 is 1.05 bits per heavy atom. The maximum Gasteiger partial charge on any atom is 0.252 e. The molecule has 0 aliphatic carbocycles. The fourth-order valence-electron chi connectivity index (χ4n) is 10.8. The van der Waals surface area contributed by atoms with Gasteiger partial charge in [0.15, 0.2) is 0 Å². The molecule has 8 aromatic carbocycles. The standard InChI is InChI=1S/C59H51BN4/c1-38-34-51-54-52(35-38)64-55-45-28-17-18-29-48(45)63(43-25-15-10-16-26-43)57(55)53-49(61(41-21-11-8-12-22-41)42-23-13-9-14-24-42)33-32-47(56(53)64)60(54)46-31-30-40(59(5,6)7)37-50(46)62(51)44-27-19-20-39(36-44)58(2,3)4/h8-37H,1-7H3. The smallest absolute Gasteiger partial charge is 0.252 e. The van der Waals surface area contributed by atoms with Crippen LogP contribution in [-0.4, -0.2) is 15.8 Å². The number of hydrogen-bond donors (Lipinski definition) is 0. The lowest BCUT2D eigenvalue weighted by atomic mass is 9.33. The van der Waals surface area contributed by atoms with E-state index in [1.54, 1.807) is 0 Å². The van der Waals surface area contributed by atoms with Crippen molar-refractivity contribution < 1.29 is 0 Å². The lowest BCUT2D eigenvalue weighted by Crippen LogP contribution is -2.60. The molecule has 12 rings (SSSR count). The van der Waals surface area contributed by atoms with E-state index < -0.39 is 0 Å². The zero-order valence-electron chi connectivity index (χ0n) is 37.7. The molecular weight excluding hydrogens is 775 g/mol. The van der Waals surface area contributed by atoms with Gasteiger partial charge in [-0.3, -0.25) is 0 Å². The summed E-state index contributed by atoms with van der Waals surface area (Å²) in [6.07, 6.45) is 0. The summed E-state index contributed by atoms with van der Waals surface area (Å²) < 4.78 is 5.18. The minimum Gasteiger partial charge on any atom is -0.311 e. The highest BCUT2D eigenvalue weighted by atomic mass is 15.2. The topological polar surface area (TPSA) is 16.3 Å². The van der Waals surface area contributed by atoms with E-state index in [4.69, 9.17) is 0 Å². The summed E-state index contributed by atoms with van der Waals surface area (Å²) >= 11 is 0. The molecule has 0 bridgehead atoms. The lowest BCUT2D eigenvalue weighted by molar-refractivity contribution is 0.590. The van der Waals surface area contributed by atoms with Crippen LogP contribution >= 0.6 is 0 Å². The largest absolute Gasteiger partial charge is 0.311 e. The van der Waals surface area contributed by atoms with Crippen LogP contribution in [0.1, 0.15) is 58.2 Å². The number of aryl methyl sites for hydroxylation is 1. The molecule has 0 amide bonds. The van der Waals surface area contributed by atoms with Gasteiger partial charge in [0.1, 0.15) is 0 Å². The van der Waals surface area contributed by atoms with Crippen LogP contribution in [0.5, 0.6) is 0 Å². The Labute approximate surface area is 376 Å². The van der Waals surface area contributed by atoms with E-state index in [9.17, 15) is 0 Å². The SMILES string of the molecule is Cc1cc2c3c(c1)-n1c4c(ccc(N(c5ccccc5)c5ccccc5)c4c4c1c1ccccc1n4-c1ccccc1)B3c1ccc(C(C)(C)C)cc1N2c1cccc(C(C)(C)C)c1. The lowest BCUT2D eigenvalue weighted by Gasteiger charge is -2.41. The van der Waals surface area contributed by atoms with Gasteiger partial charge in [0, 0.05) is 50.6 Å². The maximum absolute atomic E-state index is 2.65. The first-order valence-corrected chi connectivity index (χ1v) is 22.7. The molecule has 0 unspecified atom stereocenters. The molecule has 0 fully saturated rings. The second kappa shape index (κ2) is 13.9. The molecule has 0 saturated carbocycles. The van der Waals surface area contributed by atoms with E-state index in [1.165, 1.54) is 88.7 Å². The number of nitrogens with zero attached hydrogens (tertiary/aromatic N) is 4. The second-order valence-electron chi connectivity index (χ2n) is 19.9. The Morgan fingerprint density at radius 1 is 0.453 bits per heavy atom. The van der Waals surface area contributed by atoms with Gasteiger partial charge in [0.25, 0.3) is 6.71 Å². The normalized spacial score (nSPS) is 13.2. The molecule has 0 saturated heterocycles. The summed E-state index contributed by atoms with van der Waals surface area (Å²) in [5.74, 6) is 0. The average molecular weight is 827 g/mol. The van der Waals surface area contributed by atoms with Gasteiger partial charge in [0.2, 0.25) is 0 Å². The molecule has 0 atom stereocenters. The number of benzene rings is 8. The Hall–Kier alpha value is -7.24. The molecule has 0 radical (unpaired) electrons. The second-order valence-corrected chi connectivity index (χ2v) is 19.9. The highest BCUT2D eigenvalue weighted by Gasteiger charge is 2.44. The molecule has 0 spiro atoms. The Kier molecular flexibility index (Phi) is 8.34. The summed E-state index contributed by atoms with van der Waals surface area (Å²) in [7, 11) is 0. The predicted octanol–water partition coefficient (Wildman–Crippen LogP) is 13.7. The quantitative estimate of drug-likeness (QED) is 0.161. The van der Waals surface area contributed by atoms with Crippen LogP contribution in [0.4, 0.5) is 34.1 Å². The van der Waals surface area contributed by atoms with Gasteiger partial charge in [-0.1, -0.05) is 145 Å². The molecule has 0 N–H and O–H groups in total. The van der Waals surface area contributed by atoms with Gasteiger partial charge in [0.05, 0.1) is 27.8 Å². The van der Waals surface area contributed by atoms with E-state index in [2.05, 4.69) is 249 Å². The molecule has 2 aliphatic rings. The number of rotatable bonds is 5. The number of aromatic nitrogens is 2. The summed E-state index contributed by atoms with van der Waals surface area (Å²) in [5.41, 5.74) is 22.2. The number of fused-ring (bicyclic) bond motifs is 9. The summed E-state index contributed by atoms with van der Waals surface area (Å²) in [5, 5.41) is 2.47. The van der Waals surface area contributed by atoms with Crippen LogP contribution in [-0.2, 0) is 10.8 Å².